The quantitative estimate of drug-likeness (QED) is 0.856. The number of fused-ring (bicyclic) bond motifs is 1. The summed E-state index contributed by atoms with van der Waals surface area (Å²) in [5.41, 5.74) is 6.61. The molecule has 0 radical (unpaired) electrons. The van der Waals surface area contributed by atoms with E-state index in [-0.39, 0.29) is 0 Å². The Balaban J connectivity index is 2.63. The second-order valence-corrected chi connectivity index (χ2v) is 4.85. The van der Waals surface area contributed by atoms with Crippen molar-refractivity contribution in [3.05, 3.63) is 10.0 Å². The van der Waals surface area contributed by atoms with Crippen LogP contribution in [0.1, 0.15) is 13.8 Å². The van der Waals surface area contributed by atoms with Crippen LogP contribution in [0.2, 0.25) is 0 Å². The van der Waals surface area contributed by atoms with E-state index in [0.29, 0.717) is 11.7 Å². The summed E-state index contributed by atoms with van der Waals surface area (Å²) in [5.74, 6) is 1.03. The van der Waals surface area contributed by atoms with Gasteiger partial charge in [-0.05, 0) is 28.5 Å². The van der Waals surface area contributed by atoms with Gasteiger partial charge in [-0.3, -0.25) is 0 Å². The lowest BCUT2D eigenvalue weighted by Gasteiger charge is -2.05. The molecule has 2 aromatic heterocycles. The van der Waals surface area contributed by atoms with Gasteiger partial charge in [0.15, 0.2) is 5.65 Å². The molecule has 0 aliphatic carbocycles. The van der Waals surface area contributed by atoms with E-state index in [9.17, 15) is 0 Å². The summed E-state index contributed by atoms with van der Waals surface area (Å²) >= 11 is 2.16. The highest BCUT2D eigenvalue weighted by Crippen LogP contribution is 2.22. The molecule has 0 aromatic carbocycles. The van der Waals surface area contributed by atoms with Crippen LogP contribution in [0, 0.1) is 9.62 Å². The topological polar surface area (TPSA) is 69.6 Å². The smallest absolute Gasteiger partial charge is 0.164 e. The number of nitrogen functional groups attached to an aromatic ring is 1. The van der Waals surface area contributed by atoms with Crippen molar-refractivity contribution >= 4 is 39.4 Å². The number of nitrogens with zero attached hydrogens (tertiary/aromatic N) is 4. The first-order valence-corrected chi connectivity index (χ1v) is 5.80. The van der Waals surface area contributed by atoms with Gasteiger partial charge in [0, 0.05) is 6.54 Å². The van der Waals surface area contributed by atoms with Gasteiger partial charge in [-0.1, -0.05) is 13.8 Å². The van der Waals surface area contributed by atoms with Gasteiger partial charge in [0.25, 0.3) is 0 Å². The molecule has 0 unspecified atom stereocenters. The van der Waals surface area contributed by atoms with Gasteiger partial charge < -0.3 is 5.73 Å². The molecule has 5 nitrogen and oxygen atoms in total. The molecule has 0 aliphatic rings. The Bertz CT molecular complexity index is 490. The Hall–Kier alpha value is -0.920. The largest absolute Gasteiger partial charge is 0.383 e. The molecular formula is C9H12IN5. The number of halogens is 1. The van der Waals surface area contributed by atoms with Gasteiger partial charge >= 0.3 is 0 Å². The van der Waals surface area contributed by atoms with Gasteiger partial charge in [0.2, 0.25) is 0 Å². The molecule has 0 atom stereocenters. The summed E-state index contributed by atoms with van der Waals surface area (Å²) in [5, 5.41) is 5.27. The predicted molar refractivity (Wildman–Crippen MR) is 67.3 cm³/mol. The van der Waals surface area contributed by atoms with Crippen LogP contribution in [-0.4, -0.2) is 19.7 Å². The van der Waals surface area contributed by atoms with E-state index in [2.05, 4.69) is 51.5 Å². The number of aromatic nitrogens is 4. The summed E-state index contributed by atoms with van der Waals surface area (Å²) in [7, 11) is 0. The first-order chi connectivity index (χ1) is 7.09. The standard InChI is InChI=1S/C9H12IN5/c1-5(2)3-15-9-6(7(10)14-15)8(11)12-4-13-9/h4-5H,3H2,1-2H3,(H2,11,12,13). The van der Waals surface area contributed by atoms with Crippen LogP contribution in [0.25, 0.3) is 11.0 Å². The molecular weight excluding hydrogens is 305 g/mol. The summed E-state index contributed by atoms with van der Waals surface area (Å²) in [6.07, 6.45) is 1.48. The lowest BCUT2D eigenvalue weighted by atomic mass is 10.2. The van der Waals surface area contributed by atoms with Crippen molar-refractivity contribution < 1.29 is 0 Å². The van der Waals surface area contributed by atoms with Crippen LogP contribution in [0.5, 0.6) is 0 Å². The van der Waals surface area contributed by atoms with Crippen LogP contribution < -0.4 is 5.73 Å². The summed E-state index contributed by atoms with van der Waals surface area (Å²) in [4.78, 5) is 8.19. The maximum absolute atomic E-state index is 5.79. The second-order valence-electron chi connectivity index (χ2n) is 3.82. The summed E-state index contributed by atoms with van der Waals surface area (Å²) in [6.45, 7) is 5.13. The van der Waals surface area contributed by atoms with Crippen molar-refractivity contribution in [3.63, 3.8) is 0 Å². The zero-order valence-corrected chi connectivity index (χ0v) is 10.8. The highest BCUT2D eigenvalue weighted by molar-refractivity contribution is 14.1. The monoisotopic (exact) mass is 317 g/mol. The van der Waals surface area contributed by atoms with Crippen molar-refractivity contribution in [2.24, 2.45) is 5.92 Å². The predicted octanol–water partition coefficient (Wildman–Crippen LogP) is 1.67. The molecule has 0 aliphatic heterocycles. The van der Waals surface area contributed by atoms with Gasteiger partial charge in [-0.25, -0.2) is 14.6 Å². The molecule has 0 bridgehead atoms. The average Bonchev–Trinajstić information content (AvgIpc) is 2.44. The molecule has 6 heteroatoms. The minimum atomic E-state index is 0.499. The Kier molecular flexibility index (Phi) is 2.76. The van der Waals surface area contributed by atoms with E-state index in [1.165, 1.54) is 6.33 Å². The van der Waals surface area contributed by atoms with Crippen LogP contribution in [0.4, 0.5) is 5.82 Å². The molecule has 0 amide bonds. The van der Waals surface area contributed by atoms with Gasteiger partial charge in [0.05, 0.1) is 5.39 Å². The highest BCUT2D eigenvalue weighted by atomic mass is 127. The third kappa shape index (κ3) is 1.90. The molecule has 2 aromatic rings. The maximum Gasteiger partial charge on any atom is 0.164 e. The van der Waals surface area contributed by atoms with Crippen molar-refractivity contribution in [1.29, 1.82) is 0 Å². The van der Waals surface area contributed by atoms with Gasteiger partial charge in [-0.15, -0.1) is 0 Å². The van der Waals surface area contributed by atoms with Crippen molar-refractivity contribution in [2.75, 3.05) is 5.73 Å². The van der Waals surface area contributed by atoms with Crippen molar-refractivity contribution in [3.8, 4) is 0 Å². The first kappa shape index (κ1) is 10.6. The van der Waals surface area contributed by atoms with Crippen molar-refractivity contribution in [1.82, 2.24) is 19.7 Å². The highest BCUT2D eigenvalue weighted by Gasteiger charge is 2.13. The minimum absolute atomic E-state index is 0.499. The fraction of sp³-hybridized carbons (Fsp3) is 0.444. The fourth-order valence-corrected chi connectivity index (χ4v) is 2.24. The number of nitrogens with two attached hydrogens (primary N) is 1. The third-order valence-electron chi connectivity index (χ3n) is 2.05. The molecule has 15 heavy (non-hydrogen) atoms. The first-order valence-electron chi connectivity index (χ1n) is 4.72. The van der Waals surface area contributed by atoms with Crippen LogP contribution >= 0.6 is 22.6 Å². The van der Waals surface area contributed by atoms with E-state index in [4.69, 9.17) is 5.73 Å². The van der Waals surface area contributed by atoms with Crippen LogP contribution in [0.3, 0.4) is 0 Å². The average molecular weight is 317 g/mol. The van der Waals surface area contributed by atoms with Crippen molar-refractivity contribution in [2.45, 2.75) is 20.4 Å². The third-order valence-corrected chi connectivity index (χ3v) is 2.81. The Morgan fingerprint density at radius 3 is 2.87 bits per heavy atom. The zero-order chi connectivity index (χ0) is 11.0. The molecule has 0 saturated heterocycles. The summed E-state index contributed by atoms with van der Waals surface area (Å²) < 4.78 is 2.75. The number of hydrogen-bond acceptors (Lipinski definition) is 4. The van der Waals surface area contributed by atoms with Crippen LogP contribution in [0.15, 0.2) is 6.33 Å². The second kappa shape index (κ2) is 3.92. The minimum Gasteiger partial charge on any atom is -0.383 e. The lowest BCUT2D eigenvalue weighted by Crippen LogP contribution is -2.07. The molecule has 0 fully saturated rings. The normalized spacial score (nSPS) is 11.5. The number of hydrogen-bond donors (Lipinski definition) is 1. The molecule has 2 N–H and O–H groups in total. The van der Waals surface area contributed by atoms with E-state index in [1.54, 1.807) is 0 Å². The number of rotatable bonds is 2. The van der Waals surface area contributed by atoms with Gasteiger partial charge in [0.1, 0.15) is 15.8 Å². The number of anilines is 1. The SMILES string of the molecule is CC(C)Cn1nc(I)c2c(N)ncnc21. The maximum atomic E-state index is 5.79. The molecule has 2 rings (SSSR count). The zero-order valence-electron chi connectivity index (χ0n) is 8.61. The Morgan fingerprint density at radius 1 is 1.47 bits per heavy atom. The van der Waals surface area contributed by atoms with Gasteiger partial charge in [-0.2, -0.15) is 5.10 Å². The molecule has 0 saturated carbocycles. The lowest BCUT2D eigenvalue weighted by molar-refractivity contribution is 0.490. The molecule has 2 heterocycles. The van der Waals surface area contributed by atoms with E-state index in [1.807, 2.05) is 4.68 Å². The Morgan fingerprint density at radius 2 is 2.20 bits per heavy atom. The van der Waals surface area contributed by atoms with Crippen LogP contribution in [-0.2, 0) is 6.54 Å². The summed E-state index contributed by atoms with van der Waals surface area (Å²) in [6, 6.07) is 0. The Labute approximate surface area is 101 Å². The van der Waals surface area contributed by atoms with E-state index in [0.717, 1.165) is 21.3 Å². The molecule has 0 spiro atoms. The van der Waals surface area contributed by atoms with E-state index >= 15 is 0 Å². The van der Waals surface area contributed by atoms with E-state index < -0.39 is 0 Å². The fourth-order valence-electron chi connectivity index (χ4n) is 1.46. The molecule has 80 valence electrons.